The SMILES string of the molecule is Cc1cccc(N2CCN(C(=O)c3csc(-c4ccsc4)n3)CC2)c1. The first kappa shape index (κ1) is 16.3. The number of rotatable bonds is 3. The largest absolute Gasteiger partial charge is 0.368 e. The van der Waals surface area contributed by atoms with Crippen molar-refractivity contribution in [2.45, 2.75) is 6.92 Å². The molecule has 0 aliphatic carbocycles. The Morgan fingerprint density at radius 2 is 1.96 bits per heavy atom. The normalized spacial score (nSPS) is 14.8. The molecule has 4 rings (SSSR count). The van der Waals surface area contributed by atoms with Gasteiger partial charge in [0.2, 0.25) is 0 Å². The van der Waals surface area contributed by atoms with Gasteiger partial charge in [0.25, 0.3) is 5.91 Å². The molecule has 2 aromatic heterocycles. The summed E-state index contributed by atoms with van der Waals surface area (Å²) in [6.45, 7) is 5.29. The Bertz CT molecular complexity index is 864. The second kappa shape index (κ2) is 6.98. The molecule has 6 heteroatoms. The van der Waals surface area contributed by atoms with Gasteiger partial charge >= 0.3 is 0 Å². The van der Waals surface area contributed by atoms with Crippen molar-refractivity contribution in [1.82, 2.24) is 9.88 Å². The van der Waals surface area contributed by atoms with Crippen LogP contribution in [0.5, 0.6) is 0 Å². The zero-order chi connectivity index (χ0) is 17.2. The van der Waals surface area contributed by atoms with Crippen molar-refractivity contribution >= 4 is 34.3 Å². The molecule has 128 valence electrons. The van der Waals surface area contributed by atoms with Crippen LogP contribution in [0.3, 0.4) is 0 Å². The molecule has 0 radical (unpaired) electrons. The van der Waals surface area contributed by atoms with Crippen molar-refractivity contribution in [3.05, 3.63) is 57.7 Å². The highest BCUT2D eigenvalue weighted by Gasteiger charge is 2.24. The van der Waals surface area contributed by atoms with Crippen LogP contribution in [-0.2, 0) is 0 Å². The summed E-state index contributed by atoms with van der Waals surface area (Å²) in [6.07, 6.45) is 0. The molecule has 0 N–H and O–H groups in total. The van der Waals surface area contributed by atoms with Crippen LogP contribution in [-0.4, -0.2) is 42.0 Å². The number of thiophene rings is 1. The Balaban J connectivity index is 1.41. The molecule has 1 fully saturated rings. The van der Waals surface area contributed by atoms with Crippen LogP contribution in [0.1, 0.15) is 16.1 Å². The Morgan fingerprint density at radius 1 is 1.12 bits per heavy atom. The number of nitrogens with zero attached hydrogens (tertiary/aromatic N) is 3. The number of benzene rings is 1. The van der Waals surface area contributed by atoms with Gasteiger partial charge in [-0.25, -0.2) is 4.98 Å². The lowest BCUT2D eigenvalue weighted by molar-refractivity contribution is 0.0742. The molecule has 1 aliphatic heterocycles. The number of hydrogen-bond donors (Lipinski definition) is 0. The summed E-state index contributed by atoms with van der Waals surface area (Å²) in [5.74, 6) is 0.0432. The molecule has 25 heavy (non-hydrogen) atoms. The van der Waals surface area contributed by atoms with E-state index in [4.69, 9.17) is 0 Å². The van der Waals surface area contributed by atoms with Crippen LogP contribution in [0.2, 0.25) is 0 Å². The minimum absolute atomic E-state index is 0.0432. The van der Waals surface area contributed by atoms with Gasteiger partial charge in [-0.15, -0.1) is 11.3 Å². The van der Waals surface area contributed by atoms with E-state index in [1.807, 2.05) is 21.7 Å². The first-order valence-corrected chi connectivity index (χ1v) is 10.1. The highest BCUT2D eigenvalue weighted by molar-refractivity contribution is 7.14. The van der Waals surface area contributed by atoms with Crippen molar-refractivity contribution < 1.29 is 4.79 Å². The van der Waals surface area contributed by atoms with Crippen molar-refractivity contribution in [1.29, 1.82) is 0 Å². The quantitative estimate of drug-likeness (QED) is 0.696. The molecule has 1 saturated heterocycles. The first-order valence-electron chi connectivity index (χ1n) is 8.30. The number of anilines is 1. The fraction of sp³-hybridized carbons (Fsp3) is 0.263. The molecule has 1 aliphatic rings. The molecule has 1 aromatic carbocycles. The van der Waals surface area contributed by atoms with E-state index in [1.54, 1.807) is 11.3 Å². The molecule has 4 nitrogen and oxygen atoms in total. The highest BCUT2D eigenvalue weighted by atomic mass is 32.1. The van der Waals surface area contributed by atoms with E-state index in [2.05, 4.69) is 46.5 Å². The Hall–Kier alpha value is -2.18. The number of carbonyl (C=O) groups excluding carboxylic acids is 1. The molecule has 3 heterocycles. The number of aryl methyl sites for hydroxylation is 1. The summed E-state index contributed by atoms with van der Waals surface area (Å²) in [6, 6.07) is 10.6. The summed E-state index contributed by atoms with van der Waals surface area (Å²) in [5.41, 5.74) is 4.16. The van der Waals surface area contributed by atoms with Gasteiger partial charge in [-0.1, -0.05) is 12.1 Å². The Labute approximate surface area is 155 Å². The number of aromatic nitrogens is 1. The zero-order valence-corrected chi connectivity index (χ0v) is 15.6. The number of hydrogen-bond acceptors (Lipinski definition) is 5. The fourth-order valence-electron chi connectivity index (χ4n) is 3.05. The van der Waals surface area contributed by atoms with E-state index >= 15 is 0 Å². The molecule has 1 amide bonds. The van der Waals surface area contributed by atoms with Gasteiger partial charge in [0.15, 0.2) is 0 Å². The summed E-state index contributed by atoms with van der Waals surface area (Å²) in [5, 5.41) is 6.89. The second-order valence-electron chi connectivity index (χ2n) is 6.17. The highest BCUT2D eigenvalue weighted by Crippen LogP contribution is 2.26. The third-order valence-electron chi connectivity index (χ3n) is 4.43. The minimum Gasteiger partial charge on any atom is -0.368 e. The van der Waals surface area contributed by atoms with Gasteiger partial charge in [0.1, 0.15) is 10.7 Å². The molecule has 0 atom stereocenters. The van der Waals surface area contributed by atoms with E-state index in [0.717, 1.165) is 36.8 Å². The average molecular weight is 370 g/mol. The van der Waals surface area contributed by atoms with Crippen molar-refractivity contribution in [3.8, 4) is 10.6 Å². The third kappa shape index (κ3) is 3.45. The summed E-state index contributed by atoms with van der Waals surface area (Å²) < 4.78 is 0. The van der Waals surface area contributed by atoms with E-state index in [9.17, 15) is 4.79 Å². The zero-order valence-electron chi connectivity index (χ0n) is 14.0. The number of carbonyl (C=O) groups is 1. The second-order valence-corrected chi connectivity index (χ2v) is 7.81. The van der Waals surface area contributed by atoms with E-state index in [-0.39, 0.29) is 5.91 Å². The number of piperazine rings is 1. The smallest absolute Gasteiger partial charge is 0.273 e. The Kier molecular flexibility index (Phi) is 4.55. The van der Waals surface area contributed by atoms with E-state index in [1.165, 1.54) is 22.6 Å². The van der Waals surface area contributed by atoms with Crippen LogP contribution in [0, 0.1) is 6.92 Å². The van der Waals surface area contributed by atoms with Crippen molar-refractivity contribution in [2.75, 3.05) is 31.1 Å². The molecule has 3 aromatic rings. The van der Waals surface area contributed by atoms with Crippen molar-refractivity contribution in [3.63, 3.8) is 0 Å². The molecule has 0 bridgehead atoms. The van der Waals surface area contributed by atoms with Gasteiger partial charge in [0.05, 0.1) is 0 Å². The van der Waals surface area contributed by atoms with Crippen LogP contribution in [0.15, 0.2) is 46.5 Å². The van der Waals surface area contributed by atoms with Crippen LogP contribution in [0.25, 0.3) is 10.6 Å². The first-order chi connectivity index (χ1) is 12.2. The fourth-order valence-corrected chi connectivity index (χ4v) is 4.55. The van der Waals surface area contributed by atoms with E-state index < -0.39 is 0 Å². The monoisotopic (exact) mass is 369 g/mol. The maximum absolute atomic E-state index is 12.7. The molecule has 0 saturated carbocycles. The lowest BCUT2D eigenvalue weighted by atomic mass is 10.2. The van der Waals surface area contributed by atoms with Crippen molar-refractivity contribution in [2.24, 2.45) is 0 Å². The molecule has 0 unspecified atom stereocenters. The molecular weight excluding hydrogens is 350 g/mol. The van der Waals surface area contributed by atoms with Gasteiger partial charge in [-0.2, -0.15) is 11.3 Å². The van der Waals surface area contributed by atoms with Crippen LogP contribution >= 0.6 is 22.7 Å². The Morgan fingerprint density at radius 3 is 2.68 bits per heavy atom. The minimum atomic E-state index is 0.0432. The van der Waals surface area contributed by atoms with Gasteiger partial charge < -0.3 is 9.80 Å². The van der Waals surface area contributed by atoms with Gasteiger partial charge in [-0.05, 0) is 36.1 Å². The lowest BCUT2D eigenvalue weighted by Gasteiger charge is -2.36. The van der Waals surface area contributed by atoms with Crippen LogP contribution < -0.4 is 4.90 Å². The molecule has 0 spiro atoms. The van der Waals surface area contributed by atoms with Crippen LogP contribution in [0.4, 0.5) is 5.69 Å². The van der Waals surface area contributed by atoms with Gasteiger partial charge in [-0.3, -0.25) is 4.79 Å². The topological polar surface area (TPSA) is 36.4 Å². The summed E-state index contributed by atoms with van der Waals surface area (Å²) >= 11 is 3.18. The molecular formula is C19H19N3OS2. The predicted molar refractivity (Wildman–Crippen MR) is 105 cm³/mol. The maximum Gasteiger partial charge on any atom is 0.273 e. The van der Waals surface area contributed by atoms with Gasteiger partial charge in [0, 0.05) is 48.2 Å². The third-order valence-corrected chi connectivity index (χ3v) is 6.00. The predicted octanol–water partition coefficient (Wildman–Crippen LogP) is 4.14. The number of amides is 1. The summed E-state index contributed by atoms with van der Waals surface area (Å²) in [4.78, 5) is 21.5. The average Bonchev–Trinajstić information content (AvgIpc) is 3.32. The standard InChI is InChI=1S/C19H19N3OS2/c1-14-3-2-4-16(11-14)21-6-8-22(9-7-21)19(23)17-13-25-18(20-17)15-5-10-24-12-15/h2-5,10-13H,6-9H2,1H3. The number of thiazole rings is 1. The maximum atomic E-state index is 12.7. The lowest BCUT2D eigenvalue weighted by Crippen LogP contribution is -2.48. The summed E-state index contributed by atoms with van der Waals surface area (Å²) in [7, 11) is 0. The van der Waals surface area contributed by atoms with E-state index in [0.29, 0.717) is 5.69 Å².